The van der Waals surface area contributed by atoms with Crippen molar-refractivity contribution in [1.29, 1.82) is 0 Å². The van der Waals surface area contributed by atoms with Gasteiger partial charge in [-0.25, -0.2) is 9.78 Å². The van der Waals surface area contributed by atoms with E-state index in [9.17, 15) is 4.79 Å². The number of esters is 1. The molecule has 5 heteroatoms. The number of aromatic nitrogens is 1. The second-order valence-electron chi connectivity index (χ2n) is 4.02. The molecule has 88 valence electrons. The molecule has 1 aromatic rings. The Bertz CT molecular complexity index is 359. The summed E-state index contributed by atoms with van der Waals surface area (Å²) in [5, 5.41) is 6.17. The fourth-order valence-corrected chi connectivity index (χ4v) is 2.82. The lowest BCUT2D eigenvalue weighted by Gasteiger charge is -2.21. The zero-order valence-corrected chi connectivity index (χ0v) is 10.2. The van der Waals surface area contributed by atoms with Crippen LogP contribution in [0.5, 0.6) is 0 Å². The average molecular weight is 240 g/mol. The van der Waals surface area contributed by atoms with E-state index in [0.717, 1.165) is 24.5 Å². The maximum absolute atomic E-state index is 11.2. The highest BCUT2D eigenvalue weighted by Gasteiger charge is 2.17. The van der Waals surface area contributed by atoms with E-state index in [2.05, 4.69) is 15.0 Å². The van der Waals surface area contributed by atoms with Crippen molar-refractivity contribution >= 4 is 17.3 Å². The van der Waals surface area contributed by atoms with E-state index in [-0.39, 0.29) is 5.97 Å². The second-order valence-corrected chi connectivity index (χ2v) is 4.96. The number of nitrogens with one attached hydrogen (secondary N) is 1. The molecule has 16 heavy (non-hydrogen) atoms. The minimum absolute atomic E-state index is 0.340. The Kier molecular flexibility index (Phi) is 3.90. The highest BCUT2D eigenvalue weighted by molar-refractivity contribution is 7.09. The molecule has 0 amide bonds. The number of nitrogens with zero attached hydrogens (tertiary/aromatic N) is 1. The first kappa shape index (κ1) is 11.5. The van der Waals surface area contributed by atoms with Crippen LogP contribution in [0.15, 0.2) is 5.38 Å². The minimum atomic E-state index is -0.340. The van der Waals surface area contributed by atoms with Gasteiger partial charge in [0.05, 0.1) is 12.1 Å². The summed E-state index contributed by atoms with van der Waals surface area (Å²) in [4.78, 5) is 15.5. The molecule has 0 aliphatic carbocycles. The van der Waals surface area contributed by atoms with Crippen molar-refractivity contribution in [2.75, 3.05) is 20.2 Å². The molecule has 1 aliphatic rings. The maximum Gasteiger partial charge on any atom is 0.357 e. The molecule has 2 rings (SSSR count). The number of thiazole rings is 1. The molecule has 4 nitrogen and oxygen atoms in total. The van der Waals surface area contributed by atoms with Crippen LogP contribution in [0.25, 0.3) is 0 Å². The summed E-state index contributed by atoms with van der Waals surface area (Å²) >= 11 is 1.55. The fourth-order valence-electron chi connectivity index (χ4n) is 1.94. The van der Waals surface area contributed by atoms with Gasteiger partial charge in [0.1, 0.15) is 0 Å². The van der Waals surface area contributed by atoms with Crippen molar-refractivity contribution in [1.82, 2.24) is 10.3 Å². The van der Waals surface area contributed by atoms with Gasteiger partial charge < -0.3 is 10.1 Å². The summed E-state index contributed by atoms with van der Waals surface area (Å²) in [5.74, 6) is 0.366. The molecule has 0 atom stereocenters. The predicted octanol–water partition coefficient (Wildman–Crippen LogP) is 1.47. The first-order valence-electron chi connectivity index (χ1n) is 5.53. The summed E-state index contributed by atoms with van der Waals surface area (Å²) in [5.41, 5.74) is 0.441. The first-order chi connectivity index (χ1) is 7.79. The van der Waals surface area contributed by atoms with Crippen molar-refractivity contribution in [2.45, 2.75) is 19.3 Å². The van der Waals surface area contributed by atoms with E-state index in [0.29, 0.717) is 11.6 Å². The van der Waals surface area contributed by atoms with Gasteiger partial charge in [0.2, 0.25) is 0 Å². The lowest BCUT2D eigenvalue weighted by Crippen LogP contribution is -2.28. The van der Waals surface area contributed by atoms with E-state index in [4.69, 9.17) is 0 Å². The number of carbonyl (C=O) groups is 1. The van der Waals surface area contributed by atoms with Gasteiger partial charge in [-0.2, -0.15) is 0 Å². The van der Waals surface area contributed by atoms with Gasteiger partial charge in [-0.15, -0.1) is 11.3 Å². The van der Waals surface area contributed by atoms with E-state index >= 15 is 0 Å². The average Bonchev–Trinajstić information content (AvgIpc) is 2.78. The Hall–Kier alpha value is -0.940. The van der Waals surface area contributed by atoms with Crippen molar-refractivity contribution in [3.8, 4) is 0 Å². The van der Waals surface area contributed by atoms with Gasteiger partial charge >= 0.3 is 5.97 Å². The van der Waals surface area contributed by atoms with E-state index < -0.39 is 0 Å². The summed E-state index contributed by atoms with van der Waals surface area (Å²) in [6.07, 6.45) is 3.39. The van der Waals surface area contributed by atoms with Crippen LogP contribution in [0.2, 0.25) is 0 Å². The molecule has 0 radical (unpaired) electrons. The minimum Gasteiger partial charge on any atom is -0.464 e. The van der Waals surface area contributed by atoms with Crippen molar-refractivity contribution in [3.05, 3.63) is 16.1 Å². The third-order valence-corrected chi connectivity index (χ3v) is 3.74. The third-order valence-electron chi connectivity index (χ3n) is 2.87. The van der Waals surface area contributed by atoms with Gasteiger partial charge in [-0.05, 0) is 31.8 Å². The van der Waals surface area contributed by atoms with Gasteiger partial charge in [0, 0.05) is 11.8 Å². The Balaban J connectivity index is 1.94. The van der Waals surface area contributed by atoms with Gasteiger partial charge in [0.25, 0.3) is 0 Å². The fraction of sp³-hybridized carbons (Fsp3) is 0.636. The Labute approximate surface area is 99.0 Å². The number of ether oxygens (including phenoxy) is 1. The van der Waals surface area contributed by atoms with E-state index in [1.165, 1.54) is 20.0 Å². The lowest BCUT2D eigenvalue weighted by atomic mass is 9.95. The van der Waals surface area contributed by atoms with Crippen LogP contribution >= 0.6 is 11.3 Å². The monoisotopic (exact) mass is 240 g/mol. The zero-order valence-electron chi connectivity index (χ0n) is 9.36. The zero-order chi connectivity index (χ0) is 11.4. The lowest BCUT2D eigenvalue weighted by molar-refractivity contribution is 0.0594. The Morgan fingerprint density at radius 3 is 3.06 bits per heavy atom. The summed E-state index contributed by atoms with van der Waals surface area (Å²) in [6.45, 7) is 2.19. The topological polar surface area (TPSA) is 51.2 Å². The Morgan fingerprint density at radius 2 is 2.38 bits per heavy atom. The number of rotatable bonds is 3. The molecule has 0 aromatic carbocycles. The normalized spacial score (nSPS) is 17.3. The predicted molar refractivity (Wildman–Crippen MR) is 62.8 cm³/mol. The molecular weight excluding hydrogens is 224 g/mol. The van der Waals surface area contributed by atoms with Gasteiger partial charge in [0.15, 0.2) is 5.69 Å². The molecule has 2 heterocycles. The van der Waals surface area contributed by atoms with Crippen LogP contribution in [-0.4, -0.2) is 31.2 Å². The van der Waals surface area contributed by atoms with Crippen LogP contribution in [0.3, 0.4) is 0 Å². The number of piperidine rings is 1. The second kappa shape index (κ2) is 5.41. The quantitative estimate of drug-likeness (QED) is 0.813. The van der Waals surface area contributed by atoms with Crippen LogP contribution in [0.1, 0.15) is 28.3 Å². The molecule has 1 aliphatic heterocycles. The third kappa shape index (κ3) is 2.80. The molecule has 1 aromatic heterocycles. The molecule has 0 bridgehead atoms. The smallest absolute Gasteiger partial charge is 0.357 e. The largest absolute Gasteiger partial charge is 0.464 e. The number of carbonyl (C=O) groups excluding carboxylic acids is 1. The van der Waals surface area contributed by atoms with Crippen molar-refractivity contribution in [3.63, 3.8) is 0 Å². The molecule has 1 fully saturated rings. The summed E-state index contributed by atoms with van der Waals surface area (Å²) in [7, 11) is 1.38. The highest BCUT2D eigenvalue weighted by Crippen LogP contribution is 2.20. The van der Waals surface area contributed by atoms with Gasteiger partial charge in [-0.3, -0.25) is 0 Å². The summed E-state index contributed by atoms with van der Waals surface area (Å²) in [6, 6.07) is 0. The number of hydrogen-bond acceptors (Lipinski definition) is 5. The van der Waals surface area contributed by atoms with E-state index in [1.807, 2.05) is 0 Å². The van der Waals surface area contributed by atoms with Crippen LogP contribution < -0.4 is 5.32 Å². The first-order valence-corrected chi connectivity index (χ1v) is 6.41. The van der Waals surface area contributed by atoms with Crippen LogP contribution in [0, 0.1) is 5.92 Å². The molecular formula is C11H16N2O2S. The molecule has 1 saturated heterocycles. The van der Waals surface area contributed by atoms with Crippen LogP contribution in [0.4, 0.5) is 0 Å². The number of methoxy groups -OCH3 is 1. The molecule has 1 N–H and O–H groups in total. The SMILES string of the molecule is COC(=O)c1csc(CC2CCNCC2)n1. The van der Waals surface area contributed by atoms with Gasteiger partial charge in [-0.1, -0.05) is 0 Å². The van der Waals surface area contributed by atoms with E-state index in [1.54, 1.807) is 16.7 Å². The number of hydrogen-bond donors (Lipinski definition) is 1. The molecule has 0 unspecified atom stereocenters. The molecule has 0 spiro atoms. The maximum atomic E-state index is 11.2. The van der Waals surface area contributed by atoms with Crippen molar-refractivity contribution < 1.29 is 9.53 Å². The summed E-state index contributed by atoms with van der Waals surface area (Å²) < 4.78 is 4.63. The van der Waals surface area contributed by atoms with Crippen molar-refractivity contribution in [2.24, 2.45) is 5.92 Å². The highest BCUT2D eigenvalue weighted by atomic mass is 32.1. The van der Waals surface area contributed by atoms with Crippen LogP contribution in [-0.2, 0) is 11.2 Å². The Morgan fingerprint density at radius 1 is 1.62 bits per heavy atom. The standard InChI is InChI=1S/C11H16N2O2S/c1-15-11(14)9-7-16-10(13-9)6-8-2-4-12-5-3-8/h7-8,12H,2-6H2,1H3. The molecule has 0 saturated carbocycles.